The Hall–Kier alpha value is -2.60. The average molecular weight is 379 g/mol. The molecule has 0 saturated heterocycles. The van der Waals surface area contributed by atoms with Gasteiger partial charge in [0.1, 0.15) is 5.82 Å². The smallest absolute Gasteiger partial charge is 0.340 e. The minimum absolute atomic E-state index is 0.0188. The molecule has 0 radical (unpaired) electrons. The van der Waals surface area contributed by atoms with Crippen LogP contribution in [0.5, 0.6) is 0 Å². The number of para-hydroxylation sites is 1. The lowest BCUT2D eigenvalue weighted by Gasteiger charge is -2.19. The van der Waals surface area contributed by atoms with E-state index in [1.807, 2.05) is 37.4 Å². The summed E-state index contributed by atoms with van der Waals surface area (Å²) in [7, 11) is 1.98. The number of amides is 1. The maximum absolute atomic E-state index is 13.0. The van der Waals surface area contributed by atoms with E-state index in [4.69, 9.17) is 16.3 Å². The molecule has 0 spiro atoms. The zero-order valence-electron chi connectivity index (χ0n) is 14.4. The summed E-state index contributed by atoms with van der Waals surface area (Å²) >= 11 is 5.78. The Kier molecular flexibility index (Phi) is 7.41. The molecule has 5 nitrogen and oxygen atoms in total. The molecule has 0 aliphatic rings. The molecule has 1 N–H and O–H groups in total. The van der Waals surface area contributed by atoms with Gasteiger partial charge in [0, 0.05) is 25.8 Å². The highest BCUT2D eigenvalue weighted by Gasteiger charge is 2.14. The van der Waals surface area contributed by atoms with Gasteiger partial charge in [-0.2, -0.15) is 0 Å². The molecule has 0 atom stereocenters. The van der Waals surface area contributed by atoms with E-state index in [2.05, 4.69) is 10.2 Å². The van der Waals surface area contributed by atoms with E-state index >= 15 is 0 Å². The predicted molar refractivity (Wildman–Crippen MR) is 99.0 cm³/mol. The molecule has 0 aromatic heterocycles. The van der Waals surface area contributed by atoms with E-state index in [1.165, 1.54) is 6.07 Å². The molecule has 0 heterocycles. The largest absolute Gasteiger partial charge is 0.452 e. The van der Waals surface area contributed by atoms with Gasteiger partial charge in [-0.15, -0.1) is 0 Å². The topological polar surface area (TPSA) is 58.6 Å². The predicted octanol–water partition coefficient (Wildman–Crippen LogP) is 3.28. The summed E-state index contributed by atoms with van der Waals surface area (Å²) in [6.45, 7) is 0.821. The van der Waals surface area contributed by atoms with Crippen LogP contribution in [-0.2, 0) is 9.53 Å². The Balaban J connectivity index is 1.66. The van der Waals surface area contributed by atoms with Crippen LogP contribution in [0.25, 0.3) is 0 Å². The Bertz CT molecular complexity index is 756. The number of esters is 1. The van der Waals surface area contributed by atoms with Crippen LogP contribution < -0.4 is 10.2 Å². The van der Waals surface area contributed by atoms with Gasteiger partial charge < -0.3 is 15.0 Å². The van der Waals surface area contributed by atoms with Gasteiger partial charge in [0.2, 0.25) is 0 Å². The van der Waals surface area contributed by atoms with Crippen LogP contribution in [0, 0.1) is 5.82 Å². The van der Waals surface area contributed by atoms with Crippen molar-refractivity contribution in [2.75, 3.05) is 31.6 Å². The number of carbonyl (C=O) groups is 2. The molecule has 138 valence electrons. The fourth-order valence-electron chi connectivity index (χ4n) is 2.27. The van der Waals surface area contributed by atoms with Crippen molar-refractivity contribution in [1.82, 2.24) is 5.32 Å². The molecule has 1 amide bonds. The first kappa shape index (κ1) is 19.7. The zero-order chi connectivity index (χ0) is 18.9. The number of nitrogens with zero attached hydrogens (tertiary/aromatic N) is 1. The second-order valence-corrected chi connectivity index (χ2v) is 6.07. The zero-order valence-corrected chi connectivity index (χ0v) is 15.1. The number of halogens is 2. The van der Waals surface area contributed by atoms with Crippen molar-refractivity contribution in [3.05, 3.63) is 64.9 Å². The molecule has 2 aromatic rings. The van der Waals surface area contributed by atoms with Crippen LogP contribution >= 0.6 is 11.6 Å². The number of nitrogens with one attached hydrogen (secondary N) is 1. The van der Waals surface area contributed by atoms with Crippen LogP contribution in [0.15, 0.2) is 48.5 Å². The molecule has 7 heteroatoms. The van der Waals surface area contributed by atoms with Crippen molar-refractivity contribution in [3.63, 3.8) is 0 Å². The quantitative estimate of drug-likeness (QED) is 0.565. The number of hydrogen-bond acceptors (Lipinski definition) is 4. The number of ether oxygens (including phenoxy) is 1. The van der Waals surface area contributed by atoms with E-state index in [9.17, 15) is 14.0 Å². The Morgan fingerprint density at radius 1 is 1.19 bits per heavy atom. The average Bonchev–Trinajstić information content (AvgIpc) is 2.63. The number of anilines is 1. The van der Waals surface area contributed by atoms with E-state index in [-0.39, 0.29) is 10.6 Å². The van der Waals surface area contributed by atoms with E-state index < -0.39 is 24.3 Å². The molecular formula is C19H20ClFN2O3. The van der Waals surface area contributed by atoms with Crippen molar-refractivity contribution in [2.45, 2.75) is 6.42 Å². The van der Waals surface area contributed by atoms with Crippen molar-refractivity contribution in [1.29, 1.82) is 0 Å². The molecule has 0 bridgehead atoms. The number of hydrogen-bond donors (Lipinski definition) is 1. The van der Waals surface area contributed by atoms with Crippen molar-refractivity contribution in [3.8, 4) is 0 Å². The molecule has 2 rings (SSSR count). The standard InChI is InChI=1S/C19H20ClFN2O3/c1-23(15-6-3-2-4-7-15)11-5-10-22-18(24)13-26-19(25)16-9-8-14(21)12-17(16)20/h2-4,6-9,12H,5,10-11,13H2,1H3,(H,22,24). The normalized spacial score (nSPS) is 10.3. The third kappa shape index (κ3) is 6.04. The van der Waals surface area contributed by atoms with E-state index in [0.29, 0.717) is 6.54 Å². The van der Waals surface area contributed by atoms with Crippen LogP contribution in [0.4, 0.5) is 10.1 Å². The van der Waals surface area contributed by atoms with Crippen LogP contribution in [-0.4, -0.2) is 38.6 Å². The minimum atomic E-state index is -0.769. The highest BCUT2D eigenvalue weighted by molar-refractivity contribution is 6.33. The second kappa shape index (κ2) is 9.77. The van der Waals surface area contributed by atoms with Gasteiger partial charge in [-0.25, -0.2) is 9.18 Å². The summed E-state index contributed by atoms with van der Waals surface area (Å²) in [4.78, 5) is 25.7. The first-order valence-electron chi connectivity index (χ1n) is 8.12. The lowest BCUT2D eigenvalue weighted by Crippen LogP contribution is -2.31. The fourth-order valence-corrected chi connectivity index (χ4v) is 2.51. The van der Waals surface area contributed by atoms with Crippen molar-refractivity contribution >= 4 is 29.2 Å². The van der Waals surface area contributed by atoms with Crippen LogP contribution in [0.2, 0.25) is 5.02 Å². The molecule has 2 aromatic carbocycles. The Labute approximate surface area is 156 Å². The van der Waals surface area contributed by atoms with E-state index in [1.54, 1.807) is 0 Å². The van der Waals surface area contributed by atoms with Crippen molar-refractivity contribution < 1.29 is 18.7 Å². The fraction of sp³-hybridized carbons (Fsp3) is 0.263. The lowest BCUT2D eigenvalue weighted by molar-refractivity contribution is -0.124. The van der Waals surface area contributed by atoms with Crippen molar-refractivity contribution in [2.24, 2.45) is 0 Å². The summed E-state index contributed by atoms with van der Waals surface area (Å²) in [5.41, 5.74) is 1.12. The van der Waals surface area contributed by atoms with Gasteiger partial charge in [0.25, 0.3) is 5.91 Å². The monoisotopic (exact) mass is 378 g/mol. The van der Waals surface area contributed by atoms with Crippen LogP contribution in [0.3, 0.4) is 0 Å². The molecule has 0 saturated carbocycles. The van der Waals surface area contributed by atoms with Gasteiger partial charge >= 0.3 is 5.97 Å². The third-order valence-electron chi connectivity index (χ3n) is 3.67. The summed E-state index contributed by atoms with van der Waals surface area (Å²) in [5, 5.41) is 2.63. The highest BCUT2D eigenvalue weighted by Crippen LogP contribution is 2.18. The Morgan fingerprint density at radius 3 is 2.62 bits per heavy atom. The van der Waals surface area contributed by atoms with Gasteiger partial charge in [-0.1, -0.05) is 29.8 Å². The maximum Gasteiger partial charge on any atom is 0.340 e. The van der Waals surface area contributed by atoms with Gasteiger partial charge in [0.05, 0.1) is 10.6 Å². The maximum atomic E-state index is 13.0. The number of rotatable bonds is 8. The molecular weight excluding hydrogens is 359 g/mol. The van der Waals surface area contributed by atoms with Gasteiger partial charge in [0.15, 0.2) is 6.61 Å². The number of benzene rings is 2. The second-order valence-electron chi connectivity index (χ2n) is 5.66. The number of carbonyl (C=O) groups excluding carboxylic acids is 2. The summed E-state index contributed by atoms with van der Waals surface area (Å²) in [6.07, 6.45) is 0.745. The summed E-state index contributed by atoms with van der Waals surface area (Å²) in [5.74, 6) is -1.72. The molecule has 0 unspecified atom stereocenters. The first-order chi connectivity index (χ1) is 12.5. The lowest BCUT2D eigenvalue weighted by atomic mass is 10.2. The summed E-state index contributed by atoms with van der Waals surface area (Å²) < 4.78 is 17.8. The molecule has 0 fully saturated rings. The Morgan fingerprint density at radius 2 is 1.92 bits per heavy atom. The SMILES string of the molecule is CN(CCCNC(=O)COC(=O)c1ccc(F)cc1Cl)c1ccccc1. The van der Waals surface area contributed by atoms with Gasteiger partial charge in [-0.05, 0) is 36.8 Å². The van der Waals surface area contributed by atoms with Gasteiger partial charge in [-0.3, -0.25) is 4.79 Å². The van der Waals surface area contributed by atoms with Crippen LogP contribution in [0.1, 0.15) is 16.8 Å². The summed E-state index contributed by atoms with van der Waals surface area (Å²) in [6, 6.07) is 13.3. The molecule has 0 aliphatic heterocycles. The molecule has 26 heavy (non-hydrogen) atoms. The molecule has 0 aliphatic carbocycles. The van der Waals surface area contributed by atoms with E-state index in [0.717, 1.165) is 30.8 Å². The minimum Gasteiger partial charge on any atom is -0.452 e. The highest BCUT2D eigenvalue weighted by atomic mass is 35.5. The first-order valence-corrected chi connectivity index (χ1v) is 8.50. The third-order valence-corrected chi connectivity index (χ3v) is 3.99.